The Bertz CT molecular complexity index is 393. The van der Waals surface area contributed by atoms with Gasteiger partial charge in [0.15, 0.2) is 0 Å². The number of amidine groups is 1. The van der Waals surface area contributed by atoms with Crippen LogP contribution in [-0.2, 0) is 0 Å². The van der Waals surface area contributed by atoms with Gasteiger partial charge in [-0.15, -0.1) is 0 Å². The summed E-state index contributed by atoms with van der Waals surface area (Å²) < 4.78 is 0. The maximum atomic E-state index is 5.83. The molecule has 1 aliphatic heterocycles. The molecule has 2 rings (SSSR count). The standard InChI is InChI=1S/C15H20N2/c16-15-12-5-4-10-14(17-15)11-6-9-13-7-2-1-3-8-13/h1-3,6-9,14H,4-5,10-12H2,(H2,16,17). The summed E-state index contributed by atoms with van der Waals surface area (Å²) in [5, 5.41) is 0. The molecule has 1 aromatic rings. The normalized spacial score (nSPS) is 21.2. The molecule has 0 fully saturated rings. The van der Waals surface area contributed by atoms with Gasteiger partial charge in [-0.1, -0.05) is 48.9 Å². The zero-order valence-electron chi connectivity index (χ0n) is 10.2. The van der Waals surface area contributed by atoms with E-state index < -0.39 is 0 Å². The molecule has 1 aromatic carbocycles. The molecule has 2 heteroatoms. The van der Waals surface area contributed by atoms with E-state index in [1.165, 1.54) is 24.8 Å². The number of rotatable bonds is 3. The van der Waals surface area contributed by atoms with Crippen LogP contribution in [0.15, 0.2) is 41.4 Å². The summed E-state index contributed by atoms with van der Waals surface area (Å²) in [5.74, 6) is 0.834. The first-order chi connectivity index (χ1) is 8.34. The van der Waals surface area contributed by atoms with Gasteiger partial charge in [0.25, 0.3) is 0 Å². The van der Waals surface area contributed by atoms with E-state index in [0.29, 0.717) is 6.04 Å². The summed E-state index contributed by atoms with van der Waals surface area (Å²) in [6.07, 6.45) is 9.94. The summed E-state index contributed by atoms with van der Waals surface area (Å²) in [4.78, 5) is 4.55. The van der Waals surface area contributed by atoms with Crippen molar-refractivity contribution < 1.29 is 0 Å². The highest BCUT2D eigenvalue weighted by atomic mass is 14.9. The lowest BCUT2D eigenvalue weighted by Crippen LogP contribution is -2.13. The number of nitrogens with two attached hydrogens (primary N) is 1. The number of nitrogens with zero attached hydrogens (tertiary/aromatic N) is 1. The minimum atomic E-state index is 0.387. The Hall–Kier alpha value is -1.57. The fourth-order valence-corrected chi connectivity index (χ4v) is 2.15. The van der Waals surface area contributed by atoms with E-state index in [9.17, 15) is 0 Å². The third kappa shape index (κ3) is 4.06. The molecule has 2 nitrogen and oxygen atoms in total. The van der Waals surface area contributed by atoms with Gasteiger partial charge in [0.1, 0.15) is 0 Å². The third-order valence-electron chi connectivity index (χ3n) is 3.09. The van der Waals surface area contributed by atoms with Crippen molar-refractivity contribution in [3.05, 3.63) is 42.0 Å². The largest absolute Gasteiger partial charge is 0.387 e. The fraction of sp³-hybridized carbons (Fsp3) is 0.400. The molecule has 1 heterocycles. The second-order valence-corrected chi connectivity index (χ2v) is 4.57. The van der Waals surface area contributed by atoms with Gasteiger partial charge in [-0.05, 0) is 24.8 Å². The lowest BCUT2D eigenvalue weighted by molar-refractivity contribution is 0.596. The summed E-state index contributed by atoms with van der Waals surface area (Å²) in [7, 11) is 0. The minimum absolute atomic E-state index is 0.387. The van der Waals surface area contributed by atoms with Crippen molar-refractivity contribution in [2.45, 2.75) is 38.1 Å². The molecular weight excluding hydrogens is 208 g/mol. The van der Waals surface area contributed by atoms with Crippen molar-refractivity contribution in [2.24, 2.45) is 10.7 Å². The van der Waals surface area contributed by atoms with Crippen LogP contribution in [-0.4, -0.2) is 11.9 Å². The number of hydrogen-bond donors (Lipinski definition) is 1. The summed E-state index contributed by atoms with van der Waals surface area (Å²) in [6.45, 7) is 0. The highest BCUT2D eigenvalue weighted by Gasteiger charge is 2.09. The molecule has 2 N–H and O–H groups in total. The number of benzene rings is 1. The van der Waals surface area contributed by atoms with Gasteiger partial charge in [-0.3, -0.25) is 4.99 Å². The quantitative estimate of drug-likeness (QED) is 0.846. The maximum Gasteiger partial charge on any atom is 0.0940 e. The van der Waals surface area contributed by atoms with E-state index >= 15 is 0 Å². The van der Waals surface area contributed by atoms with Crippen molar-refractivity contribution in [1.29, 1.82) is 0 Å². The van der Waals surface area contributed by atoms with Gasteiger partial charge >= 0.3 is 0 Å². The second-order valence-electron chi connectivity index (χ2n) is 4.57. The van der Waals surface area contributed by atoms with Gasteiger partial charge in [0, 0.05) is 6.42 Å². The summed E-state index contributed by atoms with van der Waals surface area (Å²) in [5.41, 5.74) is 7.08. The average Bonchev–Trinajstić information content (AvgIpc) is 2.55. The zero-order chi connectivity index (χ0) is 11.9. The third-order valence-corrected chi connectivity index (χ3v) is 3.09. The summed E-state index contributed by atoms with van der Waals surface area (Å²) >= 11 is 0. The smallest absolute Gasteiger partial charge is 0.0940 e. The predicted molar refractivity (Wildman–Crippen MR) is 74.0 cm³/mol. The number of aliphatic imine (C=N–C) groups is 1. The van der Waals surface area contributed by atoms with E-state index in [1.54, 1.807) is 0 Å². The van der Waals surface area contributed by atoms with Crippen LogP contribution in [0.4, 0.5) is 0 Å². The lowest BCUT2D eigenvalue weighted by Gasteiger charge is -2.06. The fourth-order valence-electron chi connectivity index (χ4n) is 2.15. The Kier molecular flexibility index (Phi) is 4.37. The molecule has 1 unspecified atom stereocenters. The molecule has 0 saturated heterocycles. The Morgan fingerprint density at radius 1 is 1.24 bits per heavy atom. The van der Waals surface area contributed by atoms with E-state index in [0.717, 1.165) is 18.7 Å². The molecule has 17 heavy (non-hydrogen) atoms. The van der Waals surface area contributed by atoms with Crippen LogP contribution in [0.25, 0.3) is 6.08 Å². The van der Waals surface area contributed by atoms with Gasteiger partial charge in [0.2, 0.25) is 0 Å². The van der Waals surface area contributed by atoms with E-state index in [1.807, 2.05) is 6.07 Å². The van der Waals surface area contributed by atoms with E-state index in [-0.39, 0.29) is 0 Å². The molecule has 1 atom stereocenters. The van der Waals surface area contributed by atoms with Gasteiger partial charge in [-0.25, -0.2) is 0 Å². The Balaban J connectivity index is 1.89. The second kappa shape index (κ2) is 6.24. The molecular formula is C15H20N2. The first-order valence-corrected chi connectivity index (χ1v) is 6.38. The van der Waals surface area contributed by atoms with Crippen molar-refractivity contribution in [2.75, 3.05) is 0 Å². The first-order valence-electron chi connectivity index (χ1n) is 6.38. The highest BCUT2D eigenvalue weighted by Crippen LogP contribution is 2.16. The number of hydrogen-bond acceptors (Lipinski definition) is 2. The van der Waals surface area contributed by atoms with Gasteiger partial charge in [0.05, 0.1) is 11.9 Å². The first kappa shape index (κ1) is 11.9. The molecule has 0 radical (unpaired) electrons. The molecule has 0 spiro atoms. The van der Waals surface area contributed by atoms with Crippen LogP contribution in [0.3, 0.4) is 0 Å². The Morgan fingerprint density at radius 2 is 2.06 bits per heavy atom. The van der Waals surface area contributed by atoms with Crippen LogP contribution in [0.2, 0.25) is 0 Å². The van der Waals surface area contributed by atoms with Crippen molar-refractivity contribution in [3.63, 3.8) is 0 Å². The van der Waals surface area contributed by atoms with Gasteiger partial charge in [-0.2, -0.15) is 0 Å². The average molecular weight is 228 g/mol. The van der Waals surface area contributed by atoms with E-state index in [2.05, 4.69) is 41.4 Å². The van der Waals surface area contributed by atoms with Crippen LogP contribution >= 0.6 is 0 Å². The molecule has 0 bridgehead atoms. The topological polar surface area (TPSA) is 38.4 Å². The predicted octanol–water partition coefficient (Wildman–Crippen LogP) is 3.39. The van der Waals surface area contributed by atoms with E-state index in [4.69, 9.17) is 5.73 Å². The van der Waals surface area contributed by atoms with Gasteiger partial charge < -0.3 is 5.73 Å². The van der Waals surface area contributed by atoms with Crippen molar-refractivity contribution >= 4 is 11.9 Å². The Labute approximate surface area is 103 Å². The molecule has 90 valence electrons. The highest BCUT2D eigenvalue weighted by molar-refractivity contribution is 5.80. The maximum absolute atomic E-state index is 5.83. The van der Waals surface area contributed by atoms with Crippen LogP contribution in [0, 0.1) is 0 Å². The Morgan fingerprint density at radius 3 is 2.88 bits per heavy atom. The van der Waals surface area contributed by atoms with Crippen molar-refractivity contribution in [3.8, 4) is 0 Å². The SMILES string of the molecule is NC1=NC(CC=Cc2ccccc2)CCCC1. The molecule has 1 aliphatic rings. The van der Waals surface area contributed by atoms with Crippen molar-refractivity contribution in [1.82, 2.24) is 0 Å². The molecule has 0 amide bonds. The van der Waals surface area contributed by atoms with Crippen LogP contribution < -0.4 is 5.73 Å². The van der Waals surface area contributed by atoms with Crippen LogP contribution in [0.1, 0.15) is 37.7 Å². The lowest BCUT2D eigenvalue weighted by atomic mass is 10.1. The molecule has 0 aliphatic carbocycles. The zero-order valence-corrected chi connectivity index (χ0v) is 10.2. The minimum Gasteiger partial charge on any atom is -0.387 e. The van der Waals surface area contributed by atoms with Crippen LogP contribution in [0.5, 0.6) is 0 Å². The molecule has 0 saturated carbocycles. The summed E-state index contributed by atoms with van der Waals surface area (Å²) in [6, 6.07) is 10.8. The monoisotopic (exact) mass is 228 g/mol. The molecule has 0 aromatic heterocycles.